The van der Waals surface area contributed by atoms with Gasteiger partial charge in [-0.15, -0.1) is 0 Å². The van der Waals surface area contributed by atoms with Crippen molar-refractivity contribution < 1.29 is 14.3 Å². The van der Waals surface area contributed by atoms with Crippen LogP contribution in [0, 0.1) is 6.92 Å². The van der Waals surface area contributed by atoms with Crippen molar-refractivity contribution in [2.75, 3.05) is 43.5 Å². The molecule has 4 aromatic carbocycles. The molecule has 47 heavy (non-hydrogen) atoms. The van der Waals surface area contributed by atoms with Crippen LogP contribution in [0.3, 0.4) is 0 Å². The van der Waals surface area contributed by atoms with E-state index >= 15 is 0 Å². The molecule has 0 spiro atoms. The summed E-state index contributed by atoms with van der Waals surface area (Å²) in [5.74, 6) is 1.40. The second kappa shape index (κ2) is 14.4. The van der Waals surface area contributed by atoms with Crippen molar-refractivity contribution in [2.45, 2.75) is 52.0 Å². The van der Waals surface area contributed by atoms with Crippen LogP contribution in [-0.4, -0.2) is 59.7 Å². The lowest BCUT2D eigenvalue weighted by Crippen LogP contribution is -2.47. The SMILES string of the molecule is Cc1ccc(-n2nc(C(C)(C)C)cc2NC(=O)Nc2ccc(OCCN3CCOCC3CCc3ccccc3)c3ccccc23)cc1. The summed E-state index contributed by atoms with van der Waals surface area (Å²) < 4.78 is 14.0. The Labute approximate surface area is 277 Å². The molecule has 1 aromatic heterocycles. The lowest BCUT2D eigenvalue weighted by atomic mass is 9.92. The van der Waals surface area contributed by atoms with Gasteiger partial charge in [-0.3, -0.25) is 10.2 Å². The molecule has 8 nitrogen and oxygen atoms in total. The molecule has 6 rings (SSSR count). The smallest absolute Gasteiger partial charge is 0.324 e. The molecule has 1 saturated heterocycles. The van der Waals surface area contributed by atoms with Gasteiger partial charge in [0.1, 0.15) is 18.2 Å². The molecule has 0 bridgehead atoms. The Morgan fingerprint density at radius 2 is 1.68 bits per heavy atom. The summed E-state index contributed by atoms with van der Waals surface area (Å²) in [6, 6.07) is 32.6. The second-order valence-corrected chi connectivity index (χ2v) is 13.3. The predicted molar refractivity (Wildman–Crippen MR) is 190 cm³/mol. The fourth-order valence-corrected chi connectivity index (χ4v) is 6.00. The van der Waals surface area contributed by atoms with Crippen LogP contribution in [0.15, 0.2) is 97.1 Å². The number of nitrogens with zero attached hydrogens (tertiary/aromatic N) is 3. The highest BCUT2D eigenvalue weighted by molar-refractivity contribution is 6.07. The summed E-state index contributed by atoms with van der Waals surface area (Å²) in [6.45, 7) is 12.2. The zero-order chi connectivity index (χ0) is 32.8. The number of benzene rings is 4. The third kappa shape index (κ3) is 8.02. The van der Waals surface area contributed by atoms with Crippen LogP contribution in [0.2, 0.25) is 0 Å². The van der Waals surface area contributed by atoms with Crippen LogP contribution in [0.5, 0.6) is 5.75 Å². The van der Waals surface area contributed by atoms with Crippen molar-refractivity contribution in [1.82, 2.24) is 14.7 Å². The standard InChI is InChI=1S/C39H45N5O3/c1-28-14-17-30(18-15-28)44-37(26-36(42-44)39(2,3)4)41-38(45)40-34-20-21-35(33-13-9-8-12-32(33)34)47-25-23-43-22-24-46-27-31(43)19-16-29-10-6-5-7-11-29/h5-15,17-18,20-21,26,31H,16,19,22-25,27H2,1-4H3,(H2,40,41,45). The summed E-state index contributed by atoms with van der Waals surface area (Å²) in [5, 5.41) is 12.8. The minimum absolute atomic E-state index is 0.181. The number of urea groups is 1. The van der Waals surface area contributed by atoms with Crippen LogP contribution in [-0.2, 0) is 16.6 Å². The molecule has 244 valence electrons. The molecule has 1 aliphatic heterocycles. The van der Waals surface area contributed by atoms with Gasteiger partial charge in [-0.1, -0.05) is 93.1 Å². The largest absolute Gasteiger partial charge is 0.492 e. The lowest BCUT2D eigenvalue weighted by Gasteiger charge is -2.35. The number of rotatable bonds is 10. The van der Waals surface area contributed by atoms with E-state index in [1.54, 1.807) is 4.68 Å². The van der Waals surface area contributed by atoms with Crippen LogP contribution in [0.1, 0.15) is 44.0 Å². The van der Waals surface area contributed by atoms with Crippen LogP contribution in [0.25, 0.3) is 16.5 Å². The van der Waals surface area contributed by atoms with Crippen molar-refractivity contribution in [3.63, 3.8) is 0 Å². The molecule has 2 amide bonds. The first-order chi connectivity index (χ1) is 22.7. The van der Waals surface area contributed by atoms with Gasteiger partial charge in [0.25, 0.3) is 0 Å². The van der Waals surface area contributed by atoms with Crippen LogP contribution >= 0.6 is 0 Å². The van der Waals surface area contributed by atoms with E-state index in [-0.39, 0.29) is 11.4 Å². The minimum atomic E-state index is -0.341. The van der Waals surface area contributed by atoms with Gasteiger partial charge in [-0.25, -0.2) is 9.48 Å². The van der Waals surface area contributed by atoms with E-state index in [4.69, 9.17) is 14.6 Å². The average Bonchev–Trinajstić information content (AvgIpc) is 3.50. The van der Waals surface area contributed by atoms with Gasteiger partial charge in [0.2, 0.25) is 0 Å². The maximum atomic E-state index is 13.4. The van der Waals surface area contributed by atoms with E-state index in [1.165, 1.54) is 5.56 Å². The Morgan fingerprint density at radius 1 is 0.936 bits per heavy atom. The molecule has 0 saturated carbocycles. The van der Waals surface area contributed by atoms with E-state index < -0.39 is 0 Å². The van der Waals surface area contributed by atoms with Crippen molar-refractivity contribution >= 4 is 28.3 Å². The fourth-order valence-electron chi connectivity index (χ4n) is 6.00. The summed E-state index contributed by atoms with van der Waals surface area (Å²) in [4.78, 5) is 15.9. The first kappa shape index (κ1) is 32.3. The summed E-state index contributed by atoms with van der Waals surface area (Å²) in [5.41, 5.74) is 4.81. The van der Waals surface area contributed by atoms with Gasteiger partial charge >= 0.3 is 6.03 Å². The molecular formula is C39H45N5O3. The Bertz CT molecular complexity index is 1790. The summed E-state index contributed by atoms with van der Waals surface area (Å²) in [6.07, 6.45) is 2.09. The third-order valence-corrected chi connectivity index (χ3v) is 8.72. The molecule has 8 heteroatoms. The third-order valence-electron chi connectivity index (χ3n) is 8.72. The maximum absolute atomic E-state index is 13.4. The van der Waals surface area contributed by atoms with Gasteiger partial charge in [-0.05, 0) is 49.6 Å². The van der Waals surface area contributed by atoms with E-state index in [1.807, 2.05) is 73.7 Å². The quantitative estimate of drug-likeness (QED) is 0.163. The molecule has 0 radical (unpaired) electrons. The number of carbonyl (C=O) groups is 1. The minimum Gasteiger partial charge on any atom is -0.492 e. The highest BCUT2D eigenvalue weighted by Crippen LogP contribution is 2.32. The molecule has 2 N–H and O–H groups in total. The summed E-state index contributed by atoms with van der Waals surface area (Å²) >= 11 is 0. The number of hydrogen-bond acceptors (Lipinski definition) is 5. The van der Waals surface area contributed by atoms with Crippen molar-refractivity contribution in [1.29, 1.82) is 0 Å². The van der Waals surface area contributed by atoms with Crippen molar-refractivity contribution in [3.05, 3.63) is 114 Å². The number of nitrogens with one attached hydrogen (secondary N) is 2. The molecule has 0 aliphatic carbocycles. The monoisotopic (exact) mass is 631 g/mol. The number of carbonyl (C=O) groups excluding carboxylic acids is 1. The molecular weight excluding hydrogens is 586 g/mol. The number of aromatic nitrogens is 2. The predicted octanol–water partition coefficient (Wildman–Crippen LogP) is 7.99. The Morgan fingerprint density at radius 3 is 2.45 bits per heavy atom. The molecule has 1 aliphatic rings. The highest BCUT2D eigenvalue weighted by atomic mass is 16.5. The van der Waals surface area contributed by atoms with Gasteiger partial charge in [0, 0.05) is 41.4 Å². The number of hydrogen-bond donors (Lipinski definition) is 2. The first-order valence-electron chi connectivity index (χ1n) is 16.5. The molecule has 1 unspecified atom stereocenters. The fraction of sp³-hybridized carbons (Fsp3) is 0.333. The highest BCUT2D eigenvalue weighted by Gasteiger charge is 2.24. The number of fused-ring (bicyclic) bond motifs is 1. The molecule has 2 heterocycles. The topological polar surface area (TPSA) is 80.7 Å². The van der Waals surface area contributed by atoms with Gasteiger partial charge in [0.15, 0.2) is 0 Å². The van der Waals surface area contributed by atoms with E-state index in [9.17, 15) is 4.79 Å². The van der Waals surface area contributed by atoms with E-state index in [2.05, 4.69) is 66.6 Å². The van der Waals surface area contributed by atoms with Gasteiger partial charge in [0.05, 0.1) is 30.3 Å². The number of aryl methyl sites for hydroxylation is 2. The molecule has 5 aromatic rings. The number of ether oxygens (including phenoxy) is 2. The second-order valence-electron chi connectivity index (χ2n) is 13.3. The Hall–Kier alpha value is -4.66. The van der Waals surface area contributed by atoms with Crippen molar-refractivity contribution in [3.8, 4) is 11.4 Å². The molecule has 1 fully saturated rings. The zero-order valence-corrected chi connectivity index (χ0v) is 27.8. The van der Waals surface area contributed by atoms with Gasteiger partial charge < -0.3 is 14.8 Å². The van der Waals surface area contributed by atoms with Crippen LogP contribution < -0.4 is 15.4 Å². The number of anilines is 2. The summed E-state index contributed by atoms with van der Waals surface area (Å²) in [7, 11) is 0. The number of morpholine rings is 1. The lowest BCUT2D eigenvalue weighted by molar-refractivity contribution is -0.0147. The Kier molecular flexibility index (Phi) is 9.90. The van der Waals surface area contributed by atoms with E-state index in [0.717, 1.165) is 72.6 Å². The van der Waals surface area contributed by atoms with Crippen LogP contribution in [0.4, 0.5) is 16.3 Å². The van der Waals surface area contributed by atoms with E-state index in [0.29, 0.717) is 24.2 Å². The maximum Gasteiger partial charge on any atom is 0.324 e. The zero-order valence-electron chi connectivity index (χ0n) is 27.8. The molecule has 1 atom stereocenters. The van der Waals surface area contributed by atoms with Gasteiger partial charge in [-0.2, -0.15) is 5.10 Å². The van der Waals surface area contributed by atoms with Crippen molar-refractivity contribution in [2.24, 2.45) is 0 Å². The average molecular weight is 632 g/mol. The number of amides is 2. The normalized spacial score (nSPS) is 15.4. The Balaban J connectivity index is 1.12. The first-order valence-corrected chi connectivity index (χ1v) is 16.5.